The van der Waals surface area contributed by atoms with Gasteiger partial charge in [0.1, 0.15) is 5.75 Å². The summed E-state index contributed by atoms with van der Waals surface area (Å²) in [7, 11) is 1.96. The third-order valence-corrected chi connectivity index (χ3v) is 3.68. The lowest BCUT2D eigenvalue weighted by atomic mass is 10.1. The predicted octanol–water partition coefficient (Wildman–Crippen LogP) is 2.34. The van der Waals surface area contributed by atoms with Crippen LogP contribution >= 0.6 is 12.4 Å². The number of amides is 1. The van der Waals surface area contributed by atoms with Gasteiger partial charge in [0.2, 0.25) is 5.91 Å². The molecule has 1 aliphatic rings. The van der Waals surface area contributed by atoms with Gasteiger partial charge in [-0.25, -0.2) is 0 Å². The predicted molar refractivity (Wildman–Crippen MR) is 87.0 cm³/mol. The largest absolute Gasteiger partial charge is 0.494 e. The number of nitrogens with zero attached hydrogens (tertiary/aromatic N) is 1. The van der Waals surface area contributed by atoms with Crippen LogP contribution in [0.2, 0.25) is 0 Å². The second-order valence-electron chi connectivity index (χ2n) is 5.32. The molecule has 1 aromatic rings. The smallest absolute Gasteiger partial charge is 0.222 e. The van der Waals surface area contributed by atoms with Crippen LogP contribution in [0.1, 0.15) is 19.3 Å². The molecule has 1 atom stereocenters. The van der Waals surface area contributed by atoms with Crippen molar-refractivity contribution in [2.24, 2.45) is 5.92 Å². The highest BCUT2D eigenvalue weighted by Gasteiger charge is 2.24. The van der Waals surface area contributed by atoms with Gasteiger partial charge in [-0.2, -0.15) is 0 Å². The third kappa shape index (κ3) is 5.94. The Morgan fingerprint density at radius 1 is 1.38 bits per heavy atom. The standard InChI is InChI=1S/C16H24N2O2.ClH/c1-17-12-14-9-10-18(13-14)16(19)8-5-11-20-15-6-3-2-4-7-15;/h2-4,6-7,14,17H,5,8-13H2,1H3;1H. The lowest BCUT2D eigenvalue weighted by Gasteiger charge is -2.16. The molecular formula is C16H25ClN2O2. The molecule has 1 aromatic carbocycles. The summed E-state index contributed by atoms with van der Waals surface area (Å²) in [4.78, 5) is 14.0. The zero-order valence-electron chi connectivity index (χ0n) is 12.6. The summed E-state index contributed by atoms with van der Waals surface area (Å²) in [6, 6.07) is 9.74. The molecule has 0 saturated carbocycles. The van der Waals surface area contributed by atoms with E-state index >= 15 is 0 Å². The Kier molecular flexibility index (Phi) is 8.16. The Hall–Kier alpha value is -1.26. The van der Waals surface area contributed by atoms with Gasteiger partial charge in [0.25, 0.3) is 0 Å². The van der Waals surface area contributed by atoms with Crippen LogP contribution in [0.5, 0.6) is 5.75 Å². The highest BCUT2D eigenvalue weighted by atomic mass is 35.5. The Labute approximate surface area is 133 Å². The second kappa shape index (κ2) is 9.64. The van der Waals surface area contributed by atoms with E-state index in [-0.39, 0.29) is 18.3 Å². The normalized spacial score (nSPS) is 17.4. The van der Waals surface area contributed by atoms with Crippen molar-refractivity contribution in [3.05, 3.63) is 30.3 Å². The molecule has 0 aliphatic carbocycles. The number of ether oxygens (including phenoxy) is 1. The number of rotatable bonds is 7. The number of carbonyl (C=O) groups excluding carboxylic acids is 1. The first-order valence-corrected chi connectivity index (χ1v) is 7.40. The first-order valence-electron chi connectivity index (χ1n) is 7.40. The number of nitrogens with one attached hydrogen (secondary N) is 1. The summed E-state index contributed by atoms with van der Waals surface area (Å²) in [5.41, 5.74) is 0. The minimum atomic E-state index is 0. The van der Waals surface area contributed by atoms with E-state index in [4.69, 9.17) is 4.74 Å². The van der Waals surface area contributed by atoms with Gasteiger partial charge in [0.15, 0.2) is 0 Å². The van der Waals surface area contributed by atoms with Crippen LogP contribution in [0.3, 0.4) is 0 Å². The average molecular weight is 313 g/mol. The fraction of sp³-hybridized carbons (Fsp3) is 0.562. The van der Waals surface area contributed by atoms with Gasteiger partial charge in [-0.3, -0.25) is 4.79 Å². The van der Waals surface area contributed by atoms with E-state index in [2.05, 4.69) is 5.32 Å². The highest BCUT2D eigenvalue weighted by molar-refractivity contribution is 5.85. The van der Waals surface area contributed by atoms with E-state index in [0.717, 1.165) is 38.2 Å². The molecule has 4 nitrogen and oxygen atoms in total. The van der Waals surface area contributed by atoms with Crippen molar-refractivity contribution < 1.29 is 9.53 Å². The zero-order valence-corrected chi connectivity index (χ0v) is 13.4. The van der Waals surface area contributed by atoms with E-state index in [1.807, 2.05) is 42.3 Å². The van der Waals surface area contributed by atoms with Crippen molar-refractivity contribution in [3.63, 3.8) is 0 Å². The molecule has 1 fully saturated rings. The number of hydrogen-bond donors (Lipinski definition) is 1. The van der Waals surface area contributed by atoms with Gasteiger partial charge < -0.3 is 15.0 Å². The summed E-state index contributed by atoms with van der Waals surface area (Å²) in [5.74, 6) is 1.75. The zero-order chi connectivity index (χ0) is 14.2. The van der Waals surface area contributed by atoms with Gasteiger partial charge in [-0.15, -0.1) is 12.4 Å². The molecule has 21 heavy (non-hydrogen) atoms. The molecule has 2 rings (SSSR count). The quantitative estimate of drug-likeness (QED) is 0.786. The van der Waals surface area contributed by atoms with Gasteiger partial charge in [0, 0.05) is 19.5 Å². The molecule has 0 aromatic heterocycles. The fourth-order valence-electron chi connectivity index (χ4n) is 2.60. The summed E-state index contributed by atoms with van der Waals surface area (Å²) in [5, 5.41) is 3.18. The number of hydrogen-bond acceptors (Lipinski definition) is 3. The Morgan fingerprint density at radius 2 is 2.14 bits per heavy atom. The number of benzene rings is 1. The Morgan fingerprint density at radius 3 is 2.86 bits per heavy atom. The molecule has 5 heteroatoms. The van der Waals surface area contributed by atoms with Gasteiger partial charge in [-0.05, 0) is 44.5 Å². The first-order chi connectivity index (χ1) is 9.79. The van der Waals surface area contributed by atoms with Crippen LogP contribution in [0.4, 0.5) is 0 Å². The molecule has 1 saturated heterocycles. The molecule has 0 spiro atoms. The van der Waals surface area contributed by atoms with E-state index in [1.165, 1.54) is 0 Å². The maximum absolute atomic E-state index is 12.1. The van der Waals surface area contributed by atoms with Crippen molar-refractivity contribution in [1.29, 1.82) is 0 Å². The number of halogens is 1. The highest BCUT2D eigenvalue weighted by Crippen LogP contribution is 2.17. The average Bonchev–Trinajstić information content (AvgIpc) is 2.94. The van der Waals surface area contributed by atoms with Gasteiger partial charge >= 0.3 is 0 Å². The molecule has 1 heterocycles. The van der Waals surface area contributed by atoms with Crippen LogP contribution in [0.15, 0.2) is 30.3 Å². The van der Waals surface area contributed by atoms with E-state index in [0.29, 0.717) is 18.9 Å². The summed E-state index contributed by atoms with van der Waals surface area (Å²) < 4.78 is 5.60. The topological polar surface area (TPSA) is 41.6 Å². The maximum atomic E-state index is 12.1. The molecule has 0 radical (unpaired) electrons. The van der Waals surface area contributed by atoms with E-state index < -0.39 is 0 Å². The molecule has 1 aliphatic heterocycles. The molecule has 0 bridgehead atoms. The molecule has 1 amide bonds. The van der Waals surface area contributed by atoms with Crippen molar-refractivity contribution in [3.8, 4) is 5.75 Å². The van der Waals surface area contributed by atoms with E-state index in [9.17, 15) is 4.79 Å². The van der Waals surface area contributed by atoms with Crippen LogP contribution in [0, 0.1) is 5.92 Å². The Balaban J connectivity index is 0.00000220. The lowest BCUT2D eigenvalue weighted by Crippen LogP contribution is -2.30. The maximum Gasteiger partial charge on any atom is 0.222 e. The first kappa shape index (κ1) is 17.8. The van der Waals surface area contributed by atoms with Crippen LogP contribution in [-0.4, -0.2) is 44.1 Å². The third-order valence-electron chi connectivity index (χ3n) is 3.68. The molecule has 1 unspecified atom stereocenters. The van der Waals surface area contributed by atoms with Gasteiger partial charge in [-0.1, -0.05) is 18.2 Å². The number of carbonyl (C=O) groups is 1. The molecule has 1 N–H and O–H groups in total. The summed E-state index contributed by atoms with van der Waals surface area (Å²) >= 11 is 0. The fourth-order valence-corrected chi connectivity index (χ4v) is 2.60. The minimum absolute atomic E-state index is 0. The monoisotopic (exact) mass is 312 g/mol. The summed E-state index contributed by atoms with van der Waals surface area (Å²) in [6.45, 7) is 3.41. The molecular weight excluding hydrogens is 288 g/mol. The van der Waals surface area contributed by atoms with Crippen LogP contribution in [0.25, 0.3) is 0 Å². The van der Waals surface area contributed by atoms with Crippen LogP contribution < -0.4 is 10.1 Å². The minimum Gasteiger partial charge on any atom is -0.494 e. The van der Waals surface area contributed by atoms with Crippen molar-refractivity contribution in [2.75, 3.05) is 33.3 Å². The summed E-state index contributed by atoms with van der Waals surface area (Å²) in [6.07, 6.45) is 2.48. The van der Waals surface area contributed by atoms with Crippen molar-refractivity contribution in [2.45, 2.75) is 19.3 Å². The number of para-hydroxylation sites is 1. The second-order valence-corrected chi connectivity index (χ2v) is 5.32. The SMILES string of the molecule is CNCC1CCN(C(=O)CCCOc2ccccc2)C1.Cl. The van der Waals surface area contributed by atoms with Crippen molar-refractivity contribution >= 4 is 18.3 Å². The van der Waals surface area contributed by atoms with Gasteiger partial charge in [0.05, 0.1) is 6.61 Å². The number of likely N-dealkylation sites (tertiary alicyclic amines) is 1. The molecule has 118 valence electrons. The van der Waals surface area contributed by atoms with E-state index in [1.54, 1.807) is 0 Å². The Bertz CT molecular complexity index is 414. The van der Waals surface area contributed by atoms with Crippen molar-refractivity contribution in [1.82, 2.24) is 10.2 Å². The lowest BCUT2D eigenvalue weighted by molar-refractivity contribution is -0.130. The van der Waals surface area contributed by atoms with Crippen LogP contribution in [-0.2, 0) is 4.79 Å².